The van der Waals surface area contributed by atoms with Gasteiger partial charge in [0, 0.05) is 21.6 Å². The van der Waals surface area contributed by atoms with Crippen molar-refractivity contribution in [3.8, 4) is 0 Å². The van der Waals surface area contributed by atoms with E-state index in [1.165, 1.54) is 11.8 Å². The lowest BCUT2D eigenvalue weighted by molar-refractivity contribution is -0.174. The van der Waals surface area contributed by atoms with Crippen LogP contribution in [0.15, 0.2) is 46.9 Å². The Kier molecular flexibility index (Phi) is 6.13. The van der Waals surface area contributed by atoms with Crippen LogP contribution in [0.4, 0.5) is 0 Å². The van der Waals surface area contributed by atoms with Crippen LogP contribution in [0.1, 0.15) is 46.0 Å². The fraction of sp³-hybridized carbons (Fsp3) is 0.556. The molecule has 0 radical (unpaired) electrons. The SMILES string of the molecule is CC12C=CC(=O)C=C1CCC1C2C(O)CC2(C)C1CC[C@]2(O)C(=O)CSc1cccc(Cl)c1Cl. The summed E-state index contributed by atoms with van der Waals surface area (Å²) in [7, 11) is 0. The Hall–Kier alpha value is -1.11. The first kappa shape index (κ1) is 24.6. The number of thioether (sulfide) groups is 1. The highest BCUT2D eigenvalue weighted by atomic mass is 35.5. The second kappa shape index (κ2) is 8.48. The number of halogens is 2. The molecule has 4 aliphatic rings. The molecule has 3 saturated carbocycles. The van der Waals surface area contributed by atoms with Gasteiger partial charge in [-0.1, -0.05) is 54.8 Å². The first-order valence-electron chi connectivity index (χ1n) is 12.0. The fourth-order valence-corrected chi connectivity index (χ4v) is 9.10. The molecular formula is C27H30Cl2O4S. The van der Waals surface area contributed by atoms with E-state index in [9.17, 15) is 19.8 Å². The lowest BCUT2D eigenvalue weighted by Crippen LogP contribution is -2.61. The maximum Gasteiger partial charge on any atom is 0.178 e. The Morgan fingerprint density at radius 3 is 2.76 bits per heavy atom. The van der Waals surface area contributed by atoms with Crippen LogP contribution >= 0.6 is 35.0 Å². The first-order chi connectivity index (χ1) is 16.0. The molecule has 1 aromatic rings. The Bertz CT molecular complexity index is 1120. The van der Waals surface area contributed by atoms with E-state index in [4.69, 9.17) is 23.2 Å². The summed E-state index contributed by atoms with van der Waals surface area (Å²) in [5, 5.41) is 24.2. The van der Waals surface area contributed by atoms with Gasteiger partial charge in [-0.3, -0.25) is 9.59 Å². The fourth-order valence-electron chi connectivity index (χ4n) is 7.65. The molecule has 6 unspecified atom stereocenters. The van der Waals surface area contributed by atoms with Crippen molar-refractivity contribution < 1.29 is 19.8 Å². The molecule has 0 spiro atoms. The van der Waals surface area contributed by atoms with Crippen molar-refractivity contribution in [1.29, 1.82) is 0 Å². The maximum atomic E-state index is 13.5. The van der Waals surface area contributed by atoms with E-state index in [1.54, 1.807) is 24.3 Å². The topological polar surface area (TPSA) is 74.6 Å². The highest BCUT2D eigenvalue weighted by Crippen LogP contribution is 2.67. The number of carbonyl (C=O) groups excluding carboxylic acids is 2. The van der Waals surface area contributed by atoms with Crippen molar-refractivity contribution in [2.24, 2.45) is 28.6 Å². The molecule has 1 aromatic carbocycles. The molecule has 4 nitrogen and oxygen atoms in total. The number of hydrogen-bond donors (Lipinski definition) is 2. The van der Waals surface area contributed by atoms with Crippen LogP contribution in [0.2, 0.25) is 10.0 Å². The van der Waals surface area contributed by atoms with Gasteiger partial charge in [0.1, 0.15) is 5.60 Å². The van der Waals surface area contributed by atoms with Crippen LogP contribution in [-0.4, -0.2) is 39.2 Å². The van der Waals surface area contributed by atoms with Gasteiger partial charge < -0.3 is 10.2 Å². The Morgan fingerprint density at radius 2 is 2.00 bits per heavy atom. The minimum atomic E-state index is -1.49. The van der Waals surface area contributed by atoms with Gasteiger partial charge in [0.2, 0.25) is 0 Å². The zero-order valence-electron chi connectivity index (χ0n) is 19.4. The number of aliphatic hydroxyl groups is 2. The molecule has 7 heteroatoms. The molecule has 3 fully saturated rings. The van der Waals surface area contributed by atoms with E-state index >= 15 is 0 Å². The third-order valence-electron chi connectivity index (χ3n) is 9.38. The van der Waals surface area contributed by atoms with Gasteiger partial charge in [-0.05, 0) is 68.2 Å². The second-order valence-electron chi connectivity index (χ2n) is 10.9. The molecule has 0 saturated heterocycles. The quantitative estimate of drug-likeness (QED) is 0.500. The number of ketones is 2. The van der Waals surface area contributed by atoms with Gasteiger partial charge >= 0.3 is 0 Å². The zero-order valence-corrected chi connectivity index (χ0v) is 21.7. The minimum Gasteiger partial charge on any atom is -0.393 e. The van der Waals surface area contributed by atoms with Crippen LogP contribution in [0.5, 0.6) is 0 Å². The number of Topliss-reactive ketones (excluding diaryl/α,β-unsaturated/α-hetero) is 1. The van der Waals surface area contributed by atoms with Gasteiger partial charge in [0.05, 0.1) is 21.9 Å². The third kappa shape index (κ3) is 3.49. The standard InChI is InChI=1S/C27H30Cl2O4S/c1-25-10-8-16(30)12-15(25)6-7-17-18-9-11-27(33,26(18,2)13-20(31)23(17)25)22(32)14-34-21-5-3-4-19(28)24(21)29/h3-5,8,10,12,17-18,20,23,31,33H,6-7,9,11,13-14H2,1-2H3/t17?,18?,20?,23?,25?,26?,27-/m0/s1. The molecule has 0 amide bonds. The molecule has 0 aromatic heterocycles. The van der Waals surface area contributed by atoms with Gasteiger partial charge in [0.25, 0.3) is 0 Å². The predicted octanol–water partition coefficient (Wildman–Crippen LogP) is 5.66. The lowest BCUT2D eigenvalue weighted by atomic mass is 9.46. The third-order valence-corrected chi connectivity index (χ3v) is 11.4. The summed E-state index contributed by atoms with van der Waals surface area (Å²) in [5.41, 5.74) is -1.45. The van der Waals surface area contributed by atoms with Crippen molar-refractivity contribution in [3.05, 3.63) is 52.0 Å². The van der Waals surface area contributed by atoms with Crippen molar-refractivity contribution in [3.63, 3.8) is 0 Å². The predicted molar refractivity (Wildman–Crippen MR) is 135 cm³/mol. The smallest absolute Gasteiger partial charge is 0.178 e. The molecule has 7 atom stereocenters. The summed E-state index contributed by atoms with van der Waals surface area (Å²) in [6, 6.07) is 5.31. The number of hydrogen-bond acceptors (Lipinski definition) is 5. The van der Waals surface area contributed by atoms with Crippen molar-refractivity contribution in [2.75, 3.05) is 5.75 Å². The van der Waals surface area contributed by atoms with Crippen LogP contribution < -0.4 is 0 Å². The summed E-state index contributed by atoms with van der Waals surface area (Å²) < 4.78 is 0. The molecule has 2 N–H and O–H groups in total. The largest absolute Gasteiger partial charge is 0.393 e. The molecule has 4 aliphatic carbocycles. The van der Waals surface area contributed by atoms with Gasteiger partial charge in [-0.15, -0.1) is 11.8 Å². The van der Waals surface area contributed by atoms with E-state index in [1.807, 2.05) is 19.1 Å². The summed E-state index contributed by atoms with van der Waals surface area (Å²) in [4.78, 5) is 26.2. The van der Waals surface area contributed by atoms with Crippen LogP contribution in [0.25, 0.3) is 0 Å². The monoisotopic (exact) mass is 520 g/mol. The summed E-state index contributed by atoms with van der Waals surface area (Å²) in [6.45, 7) is 4.12. The Balaban J connectivity index is 1.40. The Morgan fingerprint density at radius 1 is 1.24 bits per heavy atom. The molecule has 5 rings (SSSR count). The number of fused-ring (bicyclic) bond motifs is 5. The maximum absolute atomic E-state index is 13.5. The number of benzene rings is 1. The van der Waals surface area contributed by atoms with Gasteiger partial charge in [-0.25, -0.2) is 0 Å². The van der Waals surface area contributed by atoms with E-state index < -0.39 is 17.1 Å². The highest BCUT2D eigenvalue weighted by Gasteiger charge is 2.67. The number of aliphatic hydroxyl groups excluding tert-OH is 1. The molecular weight excluding hydrogens is 491 g/mol. The second-order valence-corrected chi connectivity index (χ2v) is 12.7. The van der Waals surface area contributed by atoms with Crippen LogP contribution in [0.3, 0.4) is 0 Å². The Labute approximate surface area is 214 Å². The molecule has 182 valence electrons. The zero-order chi connectivity index (χ0) is 24.5. The molecule has 0 aliphatic heterocycles. The average Bonchev–Trinajstić information content (AvgIpc) is 3.06. The van der Waals surface area contributed by atoms with Crippen molar-refractivity contribution >= 4 is 46.5 Å². The van der Waals surface area contributed by atoms with E-state index in [2.05, 4.69) is 6.92 Å². The summed E-state index contributed by atoms with van der Waals surface area (Å²) in [6.07, 6.45) is 7.88. The summed E-state index contributed by atoms with van der Waals surface area (Å²) >= 11 is 13.7. The van der Waals surface area contributed by atoms with E-state index in [-0.39, 0.29) is 40.5 Å². The van der Waals surface area contributed by atoms with Gasteiger partial charge in [-0.2, -0.15) is 0 Å². The van der Waals surface area contributed by atoms with Gasteiger partial charge in [0.15, 0.2) is 11.6 Å². The molecule has 0 heterocycles. The first-order valence-corrected chi connectivity index (χ1v) is 13.7. The lowest BCUT2D eigenvalue weighted by Gasteiger charge is -2.59. The number of allylic oxidation sites excluding steroid dienone is 4. The number of carbonyl (C=O) groups is 2. The van der Waals surface area contributed by atoms with E-state index in [0.717, 1.165) is 24.8 Å². The van der Waals surface area contributed by atoms with Crippen LogP contribution in [0, 0.1) is 28.6 Å². The van der Waals surface area contributed by atoms with Crippen LogP contribution in [-0.2, 0) is 9.59 Å². The number of rotatable bonds is 4. The normalized spacial score (nSPS) is 40.9. The molecule has 34 heavy (non-hydrogen) atoms. The van der Waals surface area contributed by atoms with Crippen molar-refractivity contribution in [1.82, 2.24) is 0 Å². The average molecular weight is 522 g/mol. The van der Waals surface area contributed by atoms with E-state index in [0.29, 0.717) is 27.8 Å². The minimum absolute atomic E-state index is 0.0132. The molecule has 0 bridgehead atoms. The highest BCUT2D eigenvalue weighted by molar-refractivity contribution is 8.00. The summed E-state index contributed by atoms with van der Waals surface area (Å²) in [5.74, 6) is 0.198. The van der Waals surface area contributed by atoms with Crippen molar-refractivity contribution in [2.45, 2.75) is 62.6 Å².